The van der Waals surface area contributed by atoms with Crippen molar-refractivity contribution >= 4 is 11.9 Å². The maximum Gasteiger partial charge on any atom is 0.341 e. The minimum Gasteiger partial charge on any atom is -0.467 e. The number of ether oxygens (including phenoxy) is 2. The molecular formula is C30H34N2O4. The predicted molar refractivity (Wildman–Crippen MR) is 139 cm³/mol. The summed E-state index contributed by atoms with van der Waals surface area (Å²) in [5, 5.41) is 0. The van der Waals surface area contributed by atoms with Gasteiger partial charge in [0.05, 0.1) is 18.6 Å². The summed E-state index contributed by atoms with van der Waals surface area (Å²) in [5.74, 6) is -1.60. The summed E-state index contributed by atoms with van der Waals surface area (Å²) in [7, 11) is 1.32. The van der Waals surface area contributed by atoms with Crippen molar-refractivity contribution < 1.29 is 19.1 Å². The topological polar surface area (TPSA) is 81.9 Å². The van der Waals surface area contributed by atoms with Gasteiger partial charge < -0.3 is 15.2 Å². The first-order valence-corrected chi connectivity index (χ1v) is 12.2. The normalized spacial score (nSPS) is 20.6. The van der Waals surface area contributed by atoms with Crippen molar-refractivity contribution in [3.8, 4) is 0 Å². The van der Waals surface area contributed by atoms with Crippen molar-refractivity contribution in [1.82, 2.24) is 4.90 Å². The van der Waals surface area contributed by atoms with Gasteiger partial charge >= 0.3 is 11.9 Å². The summed E-state index contributed by atoms with van der Waals surface area (Å²) in [6.07, 6.45) is 0.0723. The van der Waals surface area contributed by atoms with Crippen molar-refractivity contribution in [2.75, 3.05) is 13.7 Å². The van der Waals surface area contributed by atoms with Crippen molar-refractivity contribution in [2.45, 2.75) is 44.0 Å². The Bertz CT molecular complexity index is 1100. The molecule has 0 aromatic heterocycles. The first-order valence-electron chi connectivity index (χ1n) is 12.2. The second kappa shape index (κ2) is 9.88. The Morgan fingerprint density at radius 3 is 1.61 bits per heavy atom. The van der Waals surface area contributed by atoms with Crippen molar-refractivity contribution in [1.29, 1.82) is 0 Å². The second-order valence-electron chi connectivity index (χ2n) is 10.3. The van der Waals surface area contributed by atoms with E-state index in [0.29, 0.717) is 0 Å². The molecule has 1 saturated heterocycles. The Morgan fingerprint density at radius 2 is 1.25 bits per heavy atom. The average molecular weight is 487 g/mol. The van der Waals surface area contributed by atoms with Crippen LogP contribution in [0.3, 0.4) is 0 Å². The lowest BCUT2D eigenvalue weighted by Gasteiger charge is -2.49. The molecule has 6 nitrogen and oxygen atoms in total. The summed E-state index contributed by atoms with van der Waals surface area (Å²) in [5.41, 5.74) is 6.53. The lowest BCUT2D eigenvalue weighted by atomic mass is 9.74. The molecule has 2 N–H and O–H groups in total. The van der Waals surface area contributed by atoms with E-state index in [1.807, 2.05) is 117 Å². The van der Waals surface area contributed by atoms with Crippen molar-refractivity contribution in [3.05, 3.63) is 108 Å². The van der Waals surface area contributed by atoms with Gasteiger partial charge in [0.25, 0.3) is 0 Å². The van der Waals surface area contributed by atoms with Gasteiger partial charge in [-0.05, 0) is 37.5 Å². The molecule has 0 bridgehead atoms. The van der Waals surface area contributed by atoms with Gasteiger partial charge in [0.1, 0.15) is 5.60 Å². The molecule has 188 valence electrons. The van der Waals surface area contributed by atoms with Gasteiger partial charge in [-0.15, -0.1) is 0 Å². The van der Waals surface area contributed by atoms with E-state index >= 15 is 0 Å². The third-order valence-electron chi connectivity index (χ3n) is 6.70. The average Bonchev–Trinajstić information content (AvgIpc) is 3.24. The zero-order chi connectivity index (χ0) is 26.0. The van der Waals surface area contributed by atoms with Crippen LogP contribution < -0.4 is 5.73 Å². The van der Waals surface area contributed by atoms with Gasteiger partial charge in [-0.2, -0.15) is 0 Å². The molecule has 0 amide bonds. The molecule has 3 aromatic carbocycles. The number of benzene rings is 3. The van der Waals surface area contributed by atoms with Crippen LogP contribution >= 0.6 is 0 Å². The van der Waals surface area contributed by atoms with E-state index < -0.39 is 28.7 Å². The maximum atomic E-state index is 13.4. The molecule has 0 saturated carbocycles. The van der Waals surface area contributed by atoms with E-state index in [0.717, 1.165) is 16.7 Å². The van der Waals surface area contributed by atoms with Crippen molar-refractivity contribution in [3.63, 3.8) is 0 Å². The van der Waals surface area contributed by atoms with Crippen LogP contribution in [-0.4, -0.2) is 41.8 Å². The number of hydrogen-bond donors (Lipinski definition) is 1. The highest BCUT2D eigenvalue weighted by Crippen LogP contribution is 2.49. The molecule has 0 aliphatic carbocycles. The highest BCUT2D eigenvalue weighted by atomic mass is 16.6. The van der Waals surface area contributed by atoms with Crippen LogP contribution in [-0.2, 0) is 24.6 Å². The van der Waals surface area contributed by atoms with E-state index in [9.17, 15) is 9.59 Å². The van der Waals surface area contributed by atoms with Gasteiger partial charge in [0.15, 0.2) is 5.66 Å². The quantitative estimate of drug-likeness (QED) is 0.409. The van der Waals surface area contributed by atoms with E-state index in [2.05, 4.69) is 0 Å². The number of carbonyl (C=O) groups is 2. The summed E-state index contributed by atoms with van der Waals surface area (Å²) in [6, 6.07) is 29.8. The molecular weight excluding hydrogens is 452 g/mol. The first-order chi connectivity index (χ1) is 17.1. The largest absolute Gasteiger partial charge is 0.467 e. The number of esters is 2. The fraction of sp³-hybridized carbons (Fsp3) is 0.333. The Hall–Kier alpha value is -3.48. The SMILES string of the molecule is COC(=O)[C@]1(N)C[C@@H](C(=O)OC(C)(C)C)CN1C(c1ccccc1)(c1ccccc1)c1ccccc1. The standard InChI is InChI=1S/C30H34N2O4/c1-28(2,3)36-26(33)22-20-29(31,27(34)35-4)32(21-22)30(23-14-8-5-9-15-23,24-16-10-6-11-17-24)25-18-12-7-13-19-25/h5-19,22H,20-21,31H2,1-4H3/t22-,29+/m1/s1. The maximum absolute atomic E-state index is 13.4. The van der Waals surface area contributed by atoms with E-state index in [-0.39, 0.29) is 18.9 Å². The molecule has 0 unspecified atom stereocenters. The summed E-state index contributed by atoms with van der Waals surface area (Å²) < 4.78 is 11.0. The second-order valence-corrected chi connectivity index (χ2v) is 10.3. The summed E-state index contributed by atoms with van der Waals surface area (Å²) in [6.45, 7) is 5.70. The fourth-order valence-corrected chi connectivity index (χ4v) is 5.29. The number of likely N-dealkylation sites (tertiary alicyclic amines) is 1. The van der Waals surface area contributed by atoms with Crippen LogP contribution in [0.1, 0.15) is 43.9 Å². The molecule has 36 heavy (non-hydrogen) atoms. The number of carbonyl (C=O) groups excluding carboxylic acids is 2. The Labute approximate surface area is 213 Å². The minimum atomic E-state index is -1.59. The third kappa shape index (κ3) is 4.54. The van der Waals surface area contributed by atoms with Crippen molar-refractivity contribution in [2.24, 2.45) is 11.7 Å². The zero-order valence-electron chi connectivity index (χ0n) is 21.3. The van der Waals surface area contributed by atoms with Crippen LogP contribution in [0.15, 0.2) is 91.0 Å². The fourth-order valence-electron chi connectivity index (χ4n) is 5.29. The van der Waals surface area contributed by atoms with Gasteiger partial charge in [-0.25, -0.2) is 4.79 Å². The number of methoxy groups -OCH3 is 1. The molecule has 2 atom stereocenters. The van der Waals surface area contributed by atoms with E-state index in [4.69, 9.17) is 15.2 Å². The molecule has 3 aromatic rings. The van der Waals surface area contributed by atoms with Crippen LogP contribution in [0.2, 0.25) is 0 Å². The Balaban J connectivity index is 2.01. The van der Waals surface area contributed by atoms with Crippen LogP contribution in [0, 0.1) is 5.92 Å². The minimum absolute atomic E-state index is 0.0723. The molecule has 1 aliphatic rings. The number of nitrogens with zero attached hydrogens (tertiary/aromatic N) is 1. The molecule has 1 fully saturated rings. The van der Waals surface area contributed by atoms with Crippen LogP contribution in [0.5, 0.6) is 0 Å². The molecule has 1 heterocycles. The summed E-state index contributed by atoms with van der Waals surface area (Å²) >= 11 is 0. The first kappa shape index (κ1) is 25.6. The molecule has 4 rings (SSSR count). The van der Waals surface area contributed by atoms with Gasteiger partial charge in [0.2, 0.25) is 0 Å². The smallest absolute Gasteiger partial charge is 0.341 e. The molecule has 0 radical (unpaired) electrons. The van der Waals surface area contributed by atoms with Gasteiger partial charge in [0, 0.05) is 13.0 Å². The lowest BCUT2D eigenvalue weighted by molar-refractivity contribution is -0.159. The van der Waals surface area contributed by atoms with E-state index in [1.54, 1.807) is 0 Å². The van der Waals surface area contributed by atoms with Crippen LogP contribution in [0.4, 0.5) is 0 Å². The molecule has 0 spiro atoms. The Morgan fingerprint density at radius 1 is 0.833 bits per heavy atom. The number of hydrogen-bond acceptors (Lipinski definition) is 6. The molecule has 6 heteroatoms. The number of nitrogens with two attached hydrogens (primary N) is 1. The third-order valence-corrected chi connectivity index (χ3v) is 6.70. The zero-order valence-corrected chi connectivity index (χ0v) is 21.3. The van der Waals surface area contributed by atoms with Crippen LogP contribution in [0.25, 0.3) is 0 Å². The lowest BCUT2D eigenvalue weighted by Crippen LogP contribution is -2.65. The van der Waals surface area contributed by atoms with Gasteiger partial charge in [-0.1, -0.05) is 91.0 Å². The monoisotopic (exact) mass is 486 g/mol. The highest BCUT2D eigenvalue weighted by Gasteiger charge is 2.60. The summed E-state index contributed by atoms with van der Waals surface area (Å²) in [4.78, 5) is 28.6. The predicted octanol–water partition coefficient (Wildman–Crippen LogP) is 4.47. The molecule has 1 aliphatic heterocycles. The Kier molecular flexibility index (Phi) is 7.03. The van der Waals surface area contributed by atoms with E-state index in [1.165, 1.54) is 7.11 Å². The highest BCUT2D eigenvalue weighted by molar-refractivity contribution is 5.84. The van der Waals surface area contributed by atoms with Gasteiger partial charge in [-0.3, -0.25) is 9.69 Å². The number of rotatable bonds is 6.